The standard InChI is InChI=1S/C15H27N3O/c1-5-7-8-13(6-2)11-17-14-15(19)18(12(3)4)10-9-16-14/h9-10,12-13H,5-8,11H2,1-4H3,(H,16,17). The summed E-state index contributed by atoms with van der Waals surface area (Å²) in [5, 5.41) is 3.22. The van der Waals surface area contributed by atoms with Crippen molar-refractivity contribution in [3.05, 3.63) is 22.7 Å². The minimum atomic E-state index is -0.0251. The topological polar surface area (TPSA) is 46.9 Å². The summed E-state index contributed by atoms with van der Waals surface area (Å²) in [6, 6.07) is 0.165. The quantitative estimate of drug-likeness (QED) is 0.783. The summed E-state index contributed by atoms with van der Waals surface area (Å²) < 4.78 is 1.71. The Hall–Kier alpha value is -1.32. The van der Waals surface area contributed by atoms with E-state index < -0.39 is 0 Å². The number of aromatic nitrogens is 2. The first-order valence-corrected chi connectivity index (χ1v) is 7.41. The molecule has 1 atom stereocenters. The van der Waals surface area contributed by atoms with E-state index in [0.717, 1.165) is 13.0 Å². The first-order valence-electron chi connectivity index (χ1n) is 7.41. The van der Waals surface area contributed by atoms with Crippen molar-refractivity contribution in [3.8, 4) is 0 Å². The highest BCUT2D eigenvalue weighted by Crippen LogP contribution is 2.12. The number of hydrogen-bond acceptors (Lipinski definition) is 3. The molecule has 4 nitrogen and oxygen atoms in total. The van der Waals surface area contributed by atoms with E-state index in [9.17, 15) is 4.79 Å². The van der Waals surface area contributed by atoms with Crippen molar-refractivity contribution in [2.75, 3.05) is 11.9 Å². The van der Waals surface area contributed by atoms with Gasteiger partial charge in [-0.15, -0.1) is 0 Å². The summed E-state index contributed by atoms with van der Waals surface area (Å²) in [6.45, 7) is 9.25. The van der Waals surface area contributed by atoms with Crippen LogP contribution >= 0.6 is 0 Å². The Morgan fingerprint density at radius 3 is 2.68 bits per heavy atom. The van der Waals surface area contributed by atoms with E-state index in [0.29, 0.717) is 11.7 Å². The molecule has 1 heterocycles. The third kappa shape index (κ3) is 4.69. The van der Waals surface area contributed by atoms with Crippen LogP contribution in [0.25, 0.3) is 0 Å². The lowest BCUT2D eigenvalue weighted by Gasteiger charge is -2.16. The van der Waals surface area contributed by atoms with E-state index in [1.807, 2.05) is 13.8 Å². The zero-order valence-corrected chi connectivity index (χ0v) is 12.6. The molecule has 0 saturated carbocycles. The number of hydrogen-bond donors (Lipinski definition) is 1. The lowest BCUT2D eigenvalue weighted by molar-refractivity contribution is 0.471. The van der Waals surface area contributed by atoms with E-state index in [2.05, 4.69) is 24.1 Å². The highest BCUT2D eigenvalue weighted by atomic mass is 16.1. The summed E-state index contributed by atoms with van der Waals surface area (Å²) in [5.74, 6) is 1.10. The summed E-state index contributed by atoms with van der Waals surface area (Å²) >= 11 is 0. The molecule has 108 valence electrons. The van der Waals surface area contributed by atoms with Gasteiger partial charge in [-0.05, 0) is 26.2 Å². The highest BCUT2D eigenvalue weighted by molar-refractivity contribution is 5.30. The molecule has 1 aromatic rings. The SMILES string of the molecule is CCCCC(CC)CNc1nccn(C(C)C)c1=O. The third-order valence-electron chi connectivity index (χ3n) is 3.53. The molecule has 0 radical (unpaired) electrons. The molecule has 0 aliphatic heterocycles. The van der Waals surface area contributed by atoms with Crippen molar-refractivity contribution < 1.29 is 0 Å². The van der Waals surface area contributed by atoms with E-state index in [-0.39, 0.29) is 11.6 Å². The summed E-state index contributed by atoms with van der Waals surface area (Å²) in [4.78, 5) is 16.3. The minimum absolute atomic E-state index is 0.0251. The maximum atomic E-state index is 12.2. The Morgan fingerprint density at radius 2 is 2.11 bits per heavy atom. The molecule has 1 aromatic heterocycles. The molecular weight excluding hydrogens is 238 g/mol. The number of unbranched alkanes of at least 4 members (excludes halogenated alkanes) is 1. The van der Waals surface area contributed by atoms with Gasteiger partial charge in [-0.25, -0.2) is 4.98 Å². The predicted octanol–water partition coefficient (Wildman–Crippen LogP) is 3.45. The highest BCUT2D eigenvalue weighted by Gasteiger charge is 2.10. The lowest BCUT2D eigenvalue weighted by atomic mass is 9.99. The van der Waals surface area contributed by atoms with Crippen LogP contribution in [-0.2, 0) is 0 Å². The molecule has 1 N–H and O–H groups in total. The molecule has 0 aliphatic rings. The predicted molar refractivity (Wildman–Crippen MR) is 80.7 cm³/mol. The Labute approximate surface area is 116 Å². The van der Waals surface area contributed by atoms with Crippen LogP contribution in [0.5, 0.6) is 0 Å². The normalized spacial score (nSPS) is 12.7. The Bertz CT molecular complexity index is 426. The molecule has 0 saturated heterocycles. The van der Waals surface area contributed by atoms with Crippen LogP contribution in [0, 0.1) is 5.92 Å². The molecule has 1 unspecified atom stereocenters. The van der Waals surface area contributed by atoms with Crippen molar-refractivity contribution in [2.24, 2.45) is 5.92 Å². The van der Waals surface area contributed by atoms with Crippen molar-refractivity contribution in [1.29, 1.82) is 0 Å². The van der Waals surface area contributed by atoms with Gasteiger partial charge < -0.3 is 9.88 Å². The average Bonchev–Trinajstić information content (AvgIpc) is 2.40. The Kier molecular flexibility index (Phi) is 6.60. The van der Waals surface area contributed by atoms with Crippen molar-refractivity contribution in [2.45, 2.75) is 59.4 Å². The van der Waals surface area contributed by atoms with E-state index >= 15 is 0 Å². The molecule has 1 rings (SSSR count). The largest absolute Gasteiger partial charge is 0.365 e. The van der Waals surface area contributed by atoms with Crippen LogP contribution in [0.3, 0.4) is 0 Å². The average molecular weight is 265 g/mol. The monoisotopic (exact) mass is 265 g/mol. The number of anilines is 1. The number of nitrogens with one attached hydrogen (secondary N) is 1. The maximum absolute atomic E-state index is 12.2. The fourth-order valence-electron chi connectivity index (χ4n) is 2.14. The second-order valence-corrected chi connectivity index (χ2v) is 5.38. The van der Waals surface area contributed by atoms with Gasteiger partial charge in [0.1, 0.15) is 0 Å². The molecule has 4 heteroatoms. The third-order valence-corrected chi connectivity index (χ3v) is 3.53. The molecular formula is C15H27N3O. The minimum Gasteiger partial charge on any atom is -0.365 e. The van der Waals surface area contributed by atoms with E-state index in [4.69, 9.17) is 0 Å². The van der Waals surface area contributed by atoms with Crippen LogP contribution in [-0.4, -0.2) is 16.1 Å². The van der Waals surface area contributed by atoms with Gasteiger partial charge in [0.05, 0.1) is 0 Å². The van der Waals surface area contributed by atoms with Crippen LogP contribution in [0.4, 0.5) is 5.82 Å². The van der Waals surface area contributed by atoms with Gasteiger partial charge in [0.15, 0.2) is 5.82 Å². The molecule has 0 spiro atoms. The molecule has 0 fully saturated rings. The second-order valence-electron chi connectivity index (χ2n) is 5.38. The van der Waals surface area contributed by atoms with Crippen LogP contribution in [0.15, 0.2) is 17.2 Å². The fraction of sp³-hybridized carbons (Fsp3) is 0.733. The zero-order valence-electron chi connectivity index (χ0n) is 12.6. The summed E-state index contributed by atoms with van der Waals surface area (Å²) in [5.41, 5.74) is -0.0251. The van der Waals surface area contributed by atoms with Gasteiger partial charge in [0.25, 0.3) is 5.56 Å². The molecule has 0 amide bonds. The first kappa shape index (κ1) is 15.7. The van der Waals surface area contributed by atoms with Crippen molar-refractivity contribution >= 4 is 5.82 Å². The Balaban J connectivity index is 2.67. The van der Waals surface area contributed by atoms with Crippen LogP contribution in [0.2, 0.25) is 0 Å². The maximum Gasteiger partial charge on any atom is 0.293 e. The summed E-state index contributed by atoms with van der Waals surface area (Å²) in [7, 11) is 0. The van der Waals surface area contributed by atoms with E-state index in [1.54, 1.807) is 17.0 Å². The summed E-state index contributed by atoms with van der Waals surface area (Å²) in [6.07, 6.45) is 8.26. The van der Waals surface area contributed by atoms with Crippen molar-refractivity contribution in [1.82, 2.24) is 9.55 Å². The van der Waals surface area contributed by atoms with E-state index in [1.165, 1.54) is 19.3 Å². The zero-order chi connectivity index (χ0) is 14.3. The molecule has 0 aromatic carbocycles. The van der Waals surface area contributed by atoms with Gasteiger partial charge in [-0.2, -0.15) is 0 Å². The lowest BCUT2D eigenvalue weighted by Crippen LogP contribution is -2.27. The fourth-order valence-corrected chi connectivity index (χ4v) is 2.14. The van der Waals surface area contributed by atoms with Crippen molar-refractivity contribution in [3.63, 3.8) is 0 Å². The molecule has 0 bridgehead atoms. The number of rotatable bonds is 8. The number of nitrogens with zero attached hydrogens (tertiary/aromatic N) is 2. The van der Waals surface area contributed by atoms with Crippen LogP contribution in [0.1, 0.15) is 59.4 Å². The van der Waals surface area contributed by atoms with Gasteiger partial charge in [-0.1, -0.05) is 33.1 Å². The molecule has 0 aliphatic carbocycles. The van der Waals surface area contributed by atoms with Crippen LogP contribution < -0.4 is 10.9 Å². The Morgan fingerprint density at radius 1 is 1.37 bits per heavy atom. The van der Waals surface area contributed by atoms with Gasteiger partial charge in [0.2, 0.25) is 0 Å². The molecule has 19 heavy (non-hydrogen) atoms. The smallest absolute Gasteiger partial charge is 0.293 e. The van der Waals surface area contributed by atoms with Gasteiger partial charge in [-0.3, -0.25) is 4.79 Å². The van der Waals surface area contributed by atoms with Gasteiger partial charge >= 0.3 is 0 Å². The first-order chi connectivity index (χ1) is 9.10. The van der Waals surface area contributed by atoms with Gasteiger partial charge in [0, 0.05) is 25.0 Å². The second kappa shape index (κ2) is 7.97.